The first-order valence-electron chi connectivity index (χ1n) is 9.78. The van der Waals surface area contributed by atoms with E-state index >= 15 is 0 Å². The first kappa shape index (κ1) is 22.4. The number of hydrogen-bond acceptors (Lipinski definition) is 6. The molecule has 0 aliphatic heterocycles. The number of nitrogen functional groups attached to an aromatic ring is 1. The summed E-state index contributed by atoms with van der Waals surface area (Å²) >= 11 is 0. The Balaban J connectivity index is 2.09. The summed E-state index contributed by atoms with van der Waals surface area (Å²) in [5.74, 6) is -0.563. The lowest BCUT2D eigenvalue weighted by Gasteiger charge is -2.24. The molecular weight excluding hydrogens is 368 g/mol. The molecule has 0 fully saturated rings. The Hall–Kier alpha value is -2.86. The second-order valence-electron chi connectivity index (χ2n) is 7.46. The molecule has 0 aliphatic rings. The number of ether oxygens (including phenoxy) is 2. The summed E-state index contributed by atoms with van der Waals surface area (Å²) in [4.78, 5) is 25.1. The maximum atomic E-state index is 12.7. The molecule has 2 rings (SSSR count). The van der Waals surface area contributed by atoms with Crippen LogP contribution in [0.3, 0.4) is 0 Å². The summed E-state index contributed by atoms with van der Waals surface area (Å²) in [6.45, 7) is 4.23. The van der Waals surface area contributed by atoms with Gasteiger partial charge in [-0.25, -0.2) is 0 Å². The van der Waals surface area contributed by atoms with Gasteiger partial charge in [-0.1, -0.05) is 56.3 Å². The quantitative estimate of drug-likeness (QED) is 0.472. The van der Waals surface area contributed by atoms with Crippen molar-refractivity contribution in [3.63, 3.8) is 0 Å². The molecule has 6 nitrogen and oxygen atoms in total. The minimum Gasteiger partial charge on any atom is -0.468 e. The Kier molecular flexibility index (Phi) is 8.68. The fraction of sp³-hybridized carbons (Fsp3) is 0.391. The largest absolute Gasteiger partial charge is 0.468 e. The van der Waals surface area contributed by atoms with E-state index in [1.165, 1.54) is 7.11 Å². The van der Waals surface area contributed by atoms with Crippen LogP contribution in [0.1, 0.15) is 31.4 Å². The summed E-state index contributed by atoms with van der Waals surface area (Å²) in [7, 11) is 1.34. The van der Waals surface area contributed by atoms with Crippen LogP contribution in [0.15, 0.2) is 54.6 Å². The molecule has 2 aromatic carbocycles. The van der Waals surface area contributed by atoms with Gasteiger partial charge in [-0.3, -0.25) is 14.9 Å². The van der Waals surface area contributed by atoms with Crippen molar-refractivity contribution < 1.29 is 19.1 Å². The van der Waals surface area contributed by atoms with Gasteiger partial charge in [0.15, 0.2) is 0 Å². The summed E-state index contributed by atoms with van der Waals surface area (Å²) in [6, 6.07) is 15.5. The Morgan fingerprint density at radius 3 is 2.17 bits per heavy atom. The van der Waals surface area contributed by atoms with Gasteiger partial charge < -0.3 is 15.2 Å². The summed E-state index contributed by atoms with van der Waals surface area (Å²) < 4.78 is 10.4. The predicted octanol–water partition coefficient (Wildman–Crippen LogP) is 3.10. The molecule has 2 unspecified atom stereocenters. The Bertz CT molecular complexity index is 775. The van der Waals surface area contributed by atoms with Crippen molar-refractivity contribution in [2.45, 2.75) is 45.4 Å². The first-order valence-corrected chi connectivity index (χ1v) is 9.78. The summed E-state index contributed by atoms with van der Waals surface area (Å²) in [6.07, 6.45) is 0.927. The number of carbonyl (C=O) groups excluding carboxylic acids is 2. The SMILES string of the molecule is COC(=O)C(Cc1ccc(N)cc1)NC(CC(C)C)C(=O)OCc1ccccc1. The number of nitrogens with one attached hydrogen (secondary N) is 1. The predicted molar refractivity (Wildman–Crippen MR) is 113 cm³/mol. The van der Waals surface area contributed by atoms with E-state index in [0.717, 1.165) is 11.1 Å². The highest BCUT2D eigenvalue weighted by Crippen LogP contribution is 2.13. The zero-order valence-corrected chi connectivity index (χ0v) is 17.3. The van der Waals surface area contributed by atoms with Gasteiger partial charge in [0.25, 0.3) is 0 Å². The minimum absolute atomic E-state index is 0.191. The lowest BCUT2D eigenvalue weighted by atomic mass is 10.0. The maximum absolute atomic E-state index is 12.7. The van der Waals surface area contributed by atoms with Crippen LogP contribution in [0.25, 0.3) is 0 Å². The third-order valence-electron chi connectivity index (χ3n) is 4.52. The molecule has 0 saturated carbocycles. The molecule has 3 N–H and O–H groups in total. The molecule has 0 heterocycles. The van der Waals surface area contributed by atoms with Crippen LogP contribution in [-0.2, 0) is 32.1 Å². The van der Waals surface area contributed by atoms with Gasteiger partial charge in [0.05, 0.1) is 7.11 Å². The average Bonchev–Trinajstić information content (AvgIpc) is 2.72. The molecule has 0 radical (unpaired) electrons. The normalized spacial score (nSPS) is 13.0. The zero-order chi connectivity index (χ0) is 21.2. The molecule has 0 saturated heterocycles. The molecule has 0 amide bonds. The maximum Gasteiger partial charge on any atom is 0.323 e. The molecule has 156 valence electrons. The topological polar surface area (TPSA) is 90.6 Å². The standard InChI is InChI=1S/C23H30N2O4/c1-16(2)13-20(23(27)29-15-18-7-5-4-6-8-18)25-21(22(26)28-3)14-17-9-11-19(24)12-10-17/h4-12,16,20-21,25H,13-15,24H2,1-3H3. The zero-order valence-electron chi connectivity index (χ0n) is 17.3. The van der Waals surface area contributed by atoms with Crippen molar-refractivity contribution in [2.75, 3.05) is 12.8 Å². The van der Waals surface area contributed by atoms with Crippen LogP contribution in [0.5, 0.6) is 0 Å². The average molecular weight is 399 g/mol. The van der Waals surface area contributed by atoms with E-state index in [1.807, 2.05) is 56.3 Å². The number of esters is 2. The van der Waals surface area contributed by atoms with Crippen molar-refractivity contribution in [1.82, 2.24) is 5.32 Å². The van der Waals surface area contributed by atoms with E-state index in [2.05, 4.69) is 5.32 Å². The summed E-state index contributed by atoms with van der Waals surface area (Å²) in [5, 5.41) is 3.15. The van der Waals surface area contributed by atoms with Crippen molar-refractivity contribution in [3.8, 4) is 0 Å². The minimum atomic E-state index is -0.670. The van der Waals surface area contributed by atoms with Gasteiger partial charge in [0, 0.05) is 5.69 Å². The molecule has 0 bridgehead atoms. The molecule has 6 heteroatoms. The number of carbonyl (C=O) groups is 2. The van der Waals surface area contributed by atoms with Crippen molar-refractivity contribution in [3.05, 3.63) is 65.7 Å². The monoisotopic (exact) mass is 398 g/mol. The fourth-order valence-corrected chi connectivity index (χ4v) is 3.02. The Morgan fingerprint density at radius 1 is 0.931 bits per heavy atom. The second-order valence-corrected chi connectivity index (χ2v) is 7.46. The molecule has 0 spiro atoms. The number of anilines is 1. The Morgan fingerprint density at radius 2 is 1.59 bits per heavy atom. The number of benzene rings is 2. The number of rotatable bonds is 10. The fourth-order valence-electron chi connectivity index (χ4n) is 3.02. The van der Waals surface area contributed by atoms with E-state index < -0.39 is 18.1 Å². The van der Waals surface area contributed by atoms with E-state index in [1.54, 1.807) is 12.1 Å². The van der Waals surface area contributed by atoms with E-state index in [9.17, 15) is 9.59 Å². The second kappa shape index (κ2) is 11.2. The molecule has 2 aromatic rings. The summed E-state index contributed by atoms with van der Waals surface area (Å²) in [5.41, 5.74) is 8.22. The highest BCUT2D eigenvalue weighted by Gasteiger charge is 2.29. The van der Waals surface area contributed by atoms with E-state index in [-0.39, 0.29) is 18.5 Å². The lowest BCUT2D eigenvalue weighted by Crippen LogP contribution is -2.49. The highest BCUT2D eigenvalue weighted by molar-refractivity contribution is 5.80. The van der Waals surface area contributed by atoms with Crippen molar-refractivity contribution in [2.24, 2.45) is 5.92 Å². The van der Waals surface area contributed by atoms with Gasteiger partial charge in [-0.2, -0.15) is 0 Å². The van der Waals surface area contributed by atoms with Crippen molar-refractivity contribution >= 4 is 17.6 Å². The third-order valence-corrected chi connectivity index (χ3v) is 4.52. The van der Waals surface area contributed by atoms with Gasteiger partial charge in [-0.05, 0) is 42.0 Å². The Labute approximate surface area is 172 Å². The van der Waals surface area contributed by atoms with Crippen LogP contribution >= 0.6 is 0 Å². The van der Waals surface area contributed by atoms with E-state index in [0.29, 0.717) is 18.5 Å². The molecular formula is C23H30N2O4. The number of nitrogens with two attached hydrogens (primary N) is 1. The molecule has 0 aromatic heterocycles. The number of methoxy groups -OCH3 is 1. The molecule has 2 atom stereocenters. The first-order chi connectivity index (χ1) is 13.9. The van der Waals surface area contributed by atoms with Crippen LogP contribution in [0.4, 0.5) is 5.69 Å². The van der Waals surface area contributed by atoms with Crippen LogP contribution in [0.2, 0.25) is 0 Å². The molecule has 0 aliphatic carbocycles. The smallest absolute Gasteiger partial charge is 0.323 e. The highest BCUT2D eigenvalue weighted by atomic mass is 16.5. The van der Waals surface area contributed by atoms with Crippen LogP contribution < -0.4 is 11.1 Å². The van der Waals surface area contributed by atoms with Gasteiger partial charge in [0.1, 0.15) is 18.7 Å². The van der Waals surface area contributed by atoms with Crippen LogP contribution in [-0.4, -0.2) is 31.1 Å². The van der Waals surface area contributed by atoms with Gasteiger partial charge in [0.2, 0.25) is 0 Å². The number of hydrogen-bond donors (Lipinski definition) is 2. The third kappa shape index (κ3) is 7.58. The lowest BCUT2D eigenvalue weighted by molar-refractivity contribution is -0.149. The van der Waals surface area contributed by atoms with Crippen molar-refractivity contribution in [1.29, 1.82) is 0 Å². The van der Waals surface area contributed by atoms with Gasteiger partial charge in [-0.15, -0.1) is 0 Å². The van der Waals surface area contributed by atoms with Gasteiger partial charge >= 0.3 is 11.9 Å². The molecule has 29 heavy (non-hydrogen) atoms. The van der Waals surface area contributed by atoms with E-state index in [4.69, 9.17) is 15.2 Å². The van der Waals surface area contributed by atoms with Crippen LogP contribution in [0, 0.1) is 5.92 Å².